The number of benzene rings is 3. The molecule has 0 saturated heterocycles. The Bertz CT molecular complexity index is 991. The zero-order valence-corrected chi connectivity index (χ0v) is 27.5. The quantitative estimate of drug-likeness (QED) is 0.244. The molecule has 3 unspecified atom stereocenters. The molecule has 0 amide bonds. The number of hydrogen-bond acceptors (Lipinski definition) is 3. The second kappa shape index (κ2) is 17.5. The molecule has 0 fully saturated rings. The summed E-state index contributed by atoms with van der Waals surface area (Å²) in [5.74, 6) is 2.08. The fourth-order valence-electron chi connectivity index (χ4n) is 6.17. The summed E-state index contributed by atoms with van der Waals surface area (Å²) in [6.07, 6.45) is -0.551. The molecule has 0 spiro atoms. The zero-order chi connectivity index (χ0) is 31.3. The lowest BCUT2D eigenvalue weighted by atomic mass is 9.77. The molecule has 0 saturated carbocycles. The maximum atomic E-state index is 10.2. The lowest BCUT2D eigenvalue weighted by Gasteiger charge is -2.33. The summed E-state index contributed by atoms with van der Waals surface area (Å²) in [6, 6.07) is 28.9. The van der Waals surface area contributed by atoms with Gasteiger partial charge in [0.25, 0.3) is 0 Å². The van der Waals surface area contributed by atoms with Crippen molar-refractivity contribution in [2.45, 2.75) is 112 Å². The van der Waals surface area contributed by atoms with E-state index < -0.39 is 5.60 Å². The number of aryl methyl sites for hydroxylation is 1. The minimum atomic E-state index is -0.663. The van der Waals surface area contributed by atoms with Crippen molar-refractivity contribution in [1.29, 1.82) is 0 Å². The van der Waals surface area contributed by atoms with Gasteiger partial charge in [-0.05, 0) is 69.1 Å². The van der Waals surface area contributed by atoms with Crippen molar-refractivity contribution in [3.8, 4) is 0 Å². The summed E-state index contributed by atoms with van der Waals surface area (Å²) in [5, 5.41) is 29.4. The first-order valence-electron chi connectivity index (χ1n) is 15.3. The predicted octanol–water partition coefficient (Wildman–Crippen LogP) is 9.12. The minimum Gasteiger partial charge on any atom is -0.393 e. The zero-order valence-electron chi connectivity index (χ0n) is 27.5. The van der Waals surface area contributed by atoms with Gasteiger partial charge in [0.2, 0.25) is 0 Å². The van der Waals surface area contributed by atoms with Crippen LogP contribution in [0, 0.1) is 24.7 Å². The van der Waals surface area contributed by atoms with Crippen LogP contribution in [0.5, 0.6) is 0 Å². The van der Waals surface area contributed by atoms with Crippen LogP contribution in [-0.4, -0.2) is 33.1 Å². The normalized spacial score (nSPS) is 15.2. The molecule has 3 rings (SSSR count). The number of hydrogen-bond donors (Lipinski definition) is 3. The predicted molar refractivity (Wildman–Crippen MR) is 176 cm³/mol. The Kier molecular flexibility index (Phi) is 15.6. The maximum absolute atomic E-state index is 10.2. The Balaban J connectivity index is 0.000000309. The lowest BCUT2D eigenvalue weighted by Crippen LogP contribution is -2.32. The van der Waals surface area contributed by atoms with E-state index in [0.717, 1.165) is 0 Å². The van der Waals surface area contributed by atoms with E-state index in [1.54, 1.807) is 0 Å². The lowest BCUT2D eigenvalue weighted by molar-refractivity contribution is 0.0332. The van der Waals surface area contributed by atoms with Crippen LogP contribution >= 0.6 is 0 Å². The molecule has 228 valence electrons. The smallest absolute Gasteiger partial charge is 0.0662 e. The summed E-state index contributed by atoms with van der Waals surface area (Å²) < 4.78 is 0. The van der Waals surface area contributed by atoms with E-state index in [-0.39, 0.29) is 30.0 Å². The molecule has 0 aromatic heterocycles. The fraction of sp³-hybridized carbons (Fsp3) is 0.526. The van der Waals surface area contributed by atoms with Gasteiger partial charge in [0.15, 0.2) is 0 Å². The molecule has 0 aliphatic carbocycles. The SMILES string of the molecule is CC(C)[C@@H](c1ccccc1)C(C)O.CC(C)[C@@H](c1ccccc1)C(C)O.Cc1ccc(C(C(C)C)C(C)(C)O)cc1. The summed E-state index contributed by atoms with van der Waals surface area (Å²) >= 11 is 0. The van der Waals surface area contributed by atoms with E-state index in [2.05, 4.69) is 97.0 Å². The third-order valence-corrected chi connectivity index (χ3v) is 7.71. The molecule has 0 aliphatic heterocycles. The highest BCUT2D eigenvalue weighted by Gasteiger charge is 2.30. The highest BCUT2D eigenvalue weighted by molar-refractivity contribution is 5.27. The molecule has 3 aromatic carbocycles. The molecule has 3 N–H and O–H groups in total. The summed E-state index contributed by atoms with van der Waals surface area (Å²) in [7, 11) is 0. The van der Waals surface area contributed by atoms with Crippen LogP contribution in [0.4, 0.5) is 0 Å². The van der Waals surface area contributed by atoms with Crippen LogP contribution in [0.25, 0.3) is 0 Å². The van der Waals surface area contributed by atoms with Gasteiger partial charge in [-0.2, -0.15) is 0 Å². The summed E-state index contributed by atoms with van der Waals surface area (Å²) in [4.78, 5) is 0. The molecule has 41 heavy (non-hydrogen) atoms. The van der Waals surface area contributed by atoms with Crippen LogP contribution in [-0.2, 0) is 0 Å². The Morgan fingerprint density at radius 2 is 0.829 bits per heavy atom. The van der Waals surface area contributed by atoms with E-state index in [1.165, 1.54) is 22.3 Å². The molecule has 0 heterocycles. The third-order valence-electron chi connectivity index (χ3n) is 7.71. The van der Waals surface area contributed by atoms with Crippen molar-refractivity contribution in [3.05, 3.63) is 107 Å². The molecule has 5 atom stereocenters. The van der Waals surface area contributed by atoms with Crippen LogP contribution in [0.1, 0.15) is 109 Å². The highest BCUT2D eigenvalue weighted by Crippen LogP contribution is 2.34. The van der Waals surface area contributed by atoms with Gasteiger partial charge in [-0.1, -0.05) is 132 Å². The van der Waals surface area contributed by atoms with E-state index in [0.29, 0.717) is 17.8 Å². The van der Waals surface area contributed by atoms with E-state index in [4.69, 9.17) is 0 Å². The van der Waals surface area contributed by atoms with Gasteiger partial charge >= 0.3 is 0 Å². The average molecular weight is 563 g/mol. The van der Waals surface area contributed by atoms with E-state index in [9.17, 15) is 15.3 Å². The summed E-state index contributed by atoms with van der Waals surface area (Å²) in [5.41, 5.74) is 4.28. The van der Waals surface area contributed by atoms with Gasteiger partial charge in [0, 0.05) is 17.8 Å². The molecule has 3 heteroatoms. The Labute approximate surface area is 251 Å². The summed E-state index contributed by atoms with van der Waals surface area (Å²) in [6.45, 7) is 22.5. The van der Waals surface area contributed by atoms with E-state index in [1.807, 2.05) is 64.1 Å². The molecule has 0 radical (unpaired) electrons. The monoisotopic (exact) mass is 562 g/mol. The van der Waals surface area contributed by atoms with Crippen molar-refractivity contribution < 1.29 is 15.3 Å². The van der Waals surface area contributed by atoms with Crippen molar-refractivity contribution >= 4 is 0 Å². The Morgan fingerprint density at radius 1 is 0.488 bits per heavy atom. The first-order valence-corrected chi connectivity index (χ1v) is 15.3. The van der Waals surface area contributed by atoms with Crippen LogP contribution < -0.4 is 0 Å². The fourth-order valence-corrected chi connectivity index (χ4v) is 6.17. The average Bonchev–Trinajstić information content (AvgIpc) is 2.86. The highest BCUT2D eigenvalue weighted by atomic mass is 16.3. The van der Waals surface area contributed by atoms with Gasteiger partial charge in [0.1, 0.15) is 0 Å². The van der Waals surface area contributed by atoms with Crippen molar-refractivity contribution in [2.24, 2.45) is 17.8 Å². The second-order valence-corrected chi connectivity index (χ2v) is 13.1. The number of rotatable bonds is 9. The number of aliphatic hydroxyl groups excluding tert-OH is 2. The molecular weight excluding hydrogens is 504 g/mol. The van der Waals surface area contributed by atoms with Gasteiger partial charge in [-0.3, -0.25) is 0 Å². The van der Waals surface area contributed by atoms with Crippen LogP contribution in [0.2, 0.25) is 0 Å². The third kappa shape index (κ3) is 12.5. The molecule has 0 bridgehead atoms. The Morgan fingerprint density at radius 3 is 1.07 bits per heavy atom. The largest absolute Gasteiger partial charge is 0.393 e. The maximum Gasteiger partial charge on any atom is 0.0662 e. The van der Waals surface area contributed by atoms with Crippen molar-refractivity contribution in [2.75, 3.05) is 0 Å². The van der Waals surface area contributed by atoms with Crippen molar-refractivity contribution in [3.63, 3.8) is 0 Å². The standard InChI is InChI=1S/C14H22O.2C12H18O/c1-10(2)13(14(4,5)15)12-8-6-11(3)7-9-12;2*1-9(2)12(10(3)13)11-7-5-4-6-8-11/h6-10,13,15H,1-5H3;2*4-10,12-13H,1-3H3/t;2*10?,12-/m.11/s1. The topological polar surface area (TPSA) is 60.7 Å². The minimum absolute atomic E-state index is 0.193. The first-order chi connectivity index (χ1) is 19.1. The van der Waals surface area contributed by atoms with E-state index >= 15 is 0 Å². The van der Waals surface area contributed by atoms with Gasteiger partial charge < -0.3 is 15.3 Å². The van der Waals surface area contributed by atoms with Gasteiger partial charge in [-0.15, -0.1) is 0 Å². The van der Waals surface area contributed by atoms with Crippen LogP contribution in [0.15, 0.2) is 84.9 Å². The second-order valence-electron chi connectivity index (χ2n) is 13.1. The van der Waals surface area contributed by atoms with Gasteiger partial charge in [0.05, 0.1) is 17.8 Å². The first kappa shape index (κ1) is 36.6. The molecule has 0 aliphatic rings. The molecular formula is C38H58O3. The molecule has 3 aromatic rings. The van der Waals surface area contributed by atoms with Gasteiger partial charge in [-0.25, -0.2) is 0 Å². The number of aliphatic hydroxyl groups is 3. The molecule has 3 nitrogen and oxygen atoms in total. The van der Waals surface area contributed by atoms with Crippen molar-refractivity contribution in [1.82, 2.24) is 0 Å². The Hall–Kier alpha value is -2.46. The van der Waals surface area contributed by atoms with Crippen LogP contribution in [0.3, 0.4) is 0 Å².